The summed E-state index contributed by atoms with van der Waals surface area (Å²) in [6, 6.07) is 9.30. The predicted octanol–water partition coefficient (Wildman–Crippen LogP) is -2.87. The zero-order valence-electron chi connectivity index (χ0n) is 8.45. The molecule has 0 aliphatic rings. The quantitative estimate of drug-likeness (QED) is 0.567. The lowest BCUT2D eigenvalue weighted by molar-refractivity contribution is -0.778. The molecule has 1 aromatic carbocycles. The van der Waals surface area contributed by atoms with Gasteiger partial charge in [0.05, 0.1) is 0 Å². The molecule has 0 aliphatic carbocycles. The average Bonchev–Trinajstić information content (AvgIpc) is 2.68. The van der Waals surface area contributed by atoms with Gasteiger partial charge in [-0.25, -0.2) is 0 Å². The summed E-state index contributed by atoms with van der Waals surface area (Å²) in [4.78, 5) is 0. The van der Waals surface area contributed by atoms with Crippen LogP contribution < -0.4 is 22.8 Å². The molecular weight excluding hydrogens is 230 g/mol. The number of nitrogens with two attached hydrogens (primary N) is 1. The van der Waals surface area contributed by atoms with Crippen LogP contribution in [-0.2, 0) is 0 Å². The van der Waals surface area contributed by atoms with E-state index in [2.05, 4.69) is 5.27 Å². The molecule has 0 aliphatic heterocycles. The largest absolute Gasteiger partial charge is 1.00 e. The van der Waals surface area contributed by atoms with E-state index in [0.717, 1.165) is 5.56 Å². The first-order valence-electron chi connectivity index (χ1n) is 4.60. The van der Waals surface area contributed by atoms with E-state index in [0.29, 0.717) is 0 Å². The lowest BCUT2D eigenvalue weighted by Crippen LogP contribution is -3.00. The Morgan fingerprint density at radius 2 is 2.06 bits per heavy atom. The summed E-state index contributed by atoms with van der Waals surface area (Å²) in [5.41, 5.74) is 6.37. The van der Waals surface area contributed by atoms with Crippen LogP contribution in [0.1, 0.15) is 11.6 Å². The summed E-state index contributed by atoms with van der Waals surface area (Å²) in [5, 5.41) is 13.0. The molecule has 0 spiro atoms. The van der Waals surface area contributed by atoms with Crippen molar-refractivity contribution in [3.63, 3.8) is 0 Å². The molecule has 0 amide bonds. The molecule has 16 heavy (non-hydrogen) atoms. The number of nitrogen functional groups attached to an aromatic ring is 1. The molecular formula is C10H12ClN3O2. The zero-order valence-corrected chi connectivity index (χ0v) is 9.21. The summed E-state index contributed by atoms with van der Waals surface area (Å²) in [6.07, 6.45) is 1.55. The van der Waals surface area contributed by atoms with E-state index in [-0.39, 0.29) is 30.9 Å². The second kappa shape index (κ2) is 5.48. The van der Waals surface area contributed by atoms with Crippen molar-refractivity contribution in [2.75, 3.05) is 12.3 Å². The molecule has 1 atom stereocenters. The fourth-order valence-electron chi connectivity index (χ4n) is 1.44. The summed E-state index contributed by atoms with van der Waals surface area (Å²) in [5.74, 6) is 0.226. The number of halogens is 1. The molecule has 0 saturated heterocycles. The lowest BCUT2D eigenvalue weighted by Gasteiger charge is -2.03. The van der Waals surface area contributed by atoms with E-state index in [4.69, 9.17) is 10.3 Å². The molecule has 0 radical (unpaired) electrons. The van der Waals surface area contributed by atoms with Gasteiger partial charge >= 0.3 is 0 Å². The van der Waals surface area contributed by atoms with E-state index in [1.54, 1.807) is 6.20 Å². The van der Waals surface area contributed by atoms with Gasteiger partial charge in [-0.15, -0.1) is 0 Å². The smallest absolute Gasteiger partial charge is 0.293 e. The number of hydrogen-bond acceptors (Lipinski definition) is 4. The standard InChI is InChI=1S/C10H12N3O2.ClH/c11-10-6-13(12-15-10)9(7-14)8-4-2-1-3-5-8;/h1-6,9,14H,7,11H2;1H/q+1;/p-1. The maximum Gasteiger partial charge on any atom is 0.293 e. The van der Waals surface area contributed by atoms with E-state index in [9.17, 15) is 5.11 Å². The molecule has 1 heterocycles. The van der Waals surface area contributed by atoms with Crippen LogP contribution in [0.2, 0.25) is 0 Å². The SMILES string of the molecule is Nc1c[n+](C(CO)c2ccccc2)no1.[Cl-]. The molecule has 6 heteroatoms. The van der Waals surface area contributed by atoms with Crippen molar-refractivity contribution in [3.05, 3.63) is 42.1 Å². The Morgan fingerprint density at radius 3 is 2.56 bits per heavy atom. The van der Waals surface area contributed by atoms with E-state index < -0.39 is 0 Å². The summed E-state index contributed by atoms with van der Waals surface area (Å²) >= 11 is 0. The van der Waals surface area contributed by atoms with Gasteiger partial charge in [0.2, 0.25) is 11.3 Å². The Balaban J connectivity index is 0.00000128. The molecule has 0 saturated carbocycles. The number of anilines is 1. The van der Waals surface area contributed by atoms with Gasteiger partial charge in [-0.3, -0.25) is 4.52 Å². The number of nitrogens with zero attached hydrogens (tertiary/aromatic N) is 2. The first-order valence-corrected chi connectivity index (χ1v) is 4.60. The van der Waals surface area contributed by atoms with Crippen LogP contribution in [0.4, 0.5) is 5.88 Å². The Morgan fingerprint density at radius 1 is 1.38 bits per heavy atom. The number of aromatic nitrogens is 2. The van der Waals surface area contributed by atoms with Gasteiger partial charge < -0.3 is 23.2 Å². The van der Waals surface area contributed by atoms with Crippen molar-refractivity contribution >= 4 is 5.88 Å². The van der Waals surface area contributed by atoms with Gasteiger partial charge in [-0.1, -0.05) is 30.3 Å². The molecule has 1 unspecified atom stereocenters. The van der Waals surface area contributed by atoms with E-state index in [1.165, 1.54) is 4.68 Å². The maximum absolute atomic E-state index is 9.30. The van der Waals surface area contributed by atoms with Crippen molar-refractivity contribution in [2.45, 2.75) is 6.04 Å². The number of aliphatic hydroxyl groups excluding tert-OH is 1. The minimum atomic E-state index is -0.257. The monoisotopic (exact) mass is 241 g/mol. The van der Waals surface area contributed by atoms with Crippen LogP contribution in [0.5, 0.6) is 0 Å². The first-order chi connectivity index (χ1) is 7.31. The molecule has 2 aromatic rings. The highest BCUT2D eigenvalue weighted by molar-refractivity contribution is 5.17. The zero-order chi connectivity index (χ0) is 10.7. The van der Waals surface area contributed by atoms with E-state index in [1.807, 2.05) is 30.3 Å². The molecule has 86 valence electrons. The highest BCUT2D eigenvalue weighted by Crippen LogP contribution is 2.11. The van der Waals surface area contributed by atoms with Gasteiger partial charge in [0.1, 0.15) is 6.61 Å². The van der Waals surface area contributed by atoms with Crippen LogP contribution >= 0.6 is 0 Å². The van der Waals surface area contributed by atoms with Gasteiger partial charge in [0.25, 0.3) is 12.1 Å². The molecule has 5 nitrogen and oxygen atoms in total. The van der Waals surface area contributed by atoms with Crippen molar-refractivity contribution in [1.82, 2.24) is 5.27 Å². The first kappa shape index (κ1) is 12.5. The number of benzene rings is 1. The molecule has 0 fully saturated rings. The van der Waals surface area contributed by atoms with E-state index >= 15 is 0 Å². The Hall–Kier alpha value is -1.59. The third-order valence-corrected chi connectivity index (χ3v) is 2.18. The minimum Gasteiger partial charge on any atom is -1.00 e. The van der Waals surface area contributed by atoms with Crippen LogP contribution in [0.25, 0.3) is 0 Å². The second-order valence-electron chi connectivity index (χ2n) is 3.19. The topological polar surface area (TPSA) is 76.2 Å². The Bertz CT molecular complexity index is 433. The third-order valence-electron chi connectivity index (χ3n) is 2.18. The van der Waals surface area contributed by atoms with Gasteiger partial charge in [0.15, 0.2) is 0 Å². The van der Waals surface area contributed by atoms with Crippen molar-refractivity contribution in [2.24, 2.45) is 0 Å². The molecule has 3 N–H and O–H groups in total. The van der Waals surface area contributed by atoms with Crippen molar-refractivity contribution in [3.8, 4) is 0 Å². The normalized spacial score (nSPS) is 11.8. The maximum atomic E-state index is 9.30. The Kier molecular flexibility index (Phi) is 4.28. The van der Waals surface area contributed by atoms with Gasteiger partial charge in [-0.05, 0) is 4.68 Å². The number of aliphatic hydroxyl groups is 1. The fraction of sp³-hybridized carbons (Fsp3) is 0.200. The van der Waals surface area contributed by atoms with Crippen molar-refractivity contribution < 1.29 is 26.7 Å². The van der Waals surface area contributed by atoms with Gasteiger partial charge in [0, 0.05) is 5.56 Å². The number of rotatable bonds is 3. The number of hydrogen-bond donors (Lipinski definition) is 2. The van der Waals surface area contributed by atoms with Gasteiger partial charge in [-0.2, -0.15) is 0 Å². The fourth-order valence-corrected chi connectivity index (χ4v) is 1.44. The molecule has 1 aromatic heterocycles. The average molecular weight is 242 g/mol. The predicted molar refractivity (Wildman–Crippen MR) is 52.8 cm³/mol. The lowest BCUT2D eigenvalue weighted by atomic mass is 10.1. The molecule has 2 rings (SSSR count). The highest BCUT2D eigenvalue weighted by atomic mass is 35.5. The summed E-state index contributed by atoms with van der Waals surface area (Å²) in [7, 11) is 0. The third kappa shape index (κ3) is 2.50. The van der Waals surface area contributed by atoms with Crippen LogP contribution in [0.15, 0.2) is 41.1 Å². The Labute approximate surface area is 98.9 Å². The van der Waals surface area contributed by atoms with Crippen LogP contribution in [-0.4, -0.2) is 17.0 Å². The highest BCUT2D eigenvalue weighted by Gasteiger charge is 2.24. The summed E-state index contributed by atoms with van der Waals surface area (Å²) in [6.45, 7) is -0.0549. The summed E-state index contributed by atoms with van der Waals surface area (Å²) < 4.78 is 6.25. The van der Waals surface area contributed by atoms with Crippen LogP contribution in [0.3, 0.4) is 0 Å². The second-order valence-corrected chi connectivity index (χ2v) is 3.19. The molecule has 0 bridgehead atoms. The minimum absolute atomic E-state index is 0. The van der Waals surface area contributed by atoms with Crippen molar-refractivity contribution in [1.29, 1.82) is 0 Å². The van der Waals surface area contributed by atoms with Crippen LogP contribution in [0, 0.1) is 0 Å².